The van der Waals surface area contributed by atoms with Gasteiger partial charge in [0.15, 0.2) is 0 Å². The summed E-state index contributed by atoms with van der Waals surface area (Å²) in [5, 5.41) is 4.45. The Morgan fingerprint density at radius 2 is 1.73 bits per heavy atom. The van der Waals surface area contributed by atoms with Crippen molar-refractivity contribution in [3.05, 3.63) is 29.1 Å². The average molecular weight is 321 g/mol. The van der Waals surface area contributed by atoms with Crippen LogP contribution in [0.4, 0.5) is 0 Å². The van der Waals surface area contributed by atoms with E-state index >= 15 is 0 Å². The summed E-state index contributed by atoms with van der Waals surface area (Å²) in [5.41, 5.74) is 0.793. The Hall–Kier alpha value is -1.37. The third kappa shape index (κ3) is 2.55. The van der Waals surface area contributed by atoms with E-state index in [0.717, 1.165) is 11.0 Å². The van der Waals surface area contributed by atoms with E-state index in [1.807, 2.05) is 39.8 Å². The van der Waals surface area contributed by atoms with Crippen LogP contribution < -0.4 is 5.46 Å². The minimum atomic E-state index is -0.487. The van der Waals surface area contributed by atoms with Crippen LogP contribution in [0.15, 0.2) is 22.7 Å². The molecule has 2 heterocycles. The maximum atomic E-state index is 6.41. The van der Waals surface area contributed by atoms with E-state index in [2.05, 4.69) is 10.1 Å². The van der Waals surface area contributed by atoms with Gasteiger partial charge in [0.25, 0.3) is 0 Å². The van der Waals surface area contributed by atoms with Crippen molar-refractivity contribution in [3.8, 4) is 11.4 Å². The molecule has 1 aliphatic heterocycles. The molecule has 7 heteroatoms. The number of aromatic nitrogens is 2. The number of hydrogen-bond acceptors (Lipinski definition) is 5. The first-order chi connectivity index (χ1) is 10.2. The number of nitrogens with zero attached hydrogens (tertiary/aromatic N) is 2. The van der Waals surface area contributed by atoms with Gasteiger partial charge in [0.1, 0.15) is 0 Å². The molecule has 1 aromatic heterocycles. The molecule has 1 fully saturated rings. The van der Waals surface area contributed by atoms with Gasteiger partial charge < -0.3 is 13.8 Å². The lowest BCUT2D eigenvalue weighted by atomic mass is 9.78. The van der Waals surface area contributed by atoms with E-state index in [0.29, 0.717) is 16.7 Å². The van der Waals surface area contributed by atoms with Crippen molar-refractivity contribution >= 4 is 24.2 Å². The molecular weight excluding hydrogens is 302 g/mol. The summed E-state index contributed by atoms with van der Waals surface area (Å²) in [6.45, 7) is 9.79. The fourth-order valence-electron chi connectivity index (χ4n) is 2.24. The van der Waals surface area contributed by atoms with Gasteiger partial charge in [0.2, 0.25) is 11.7 Å². The lowest BCUT2D eigenvalue weighted by Crippen LogP contribution is -2.41. The van der Waals surface area contributed by atoms with Crippen molar-refractivity contribution < 1.29 is 13.8 Å². The summed E-state index contributed by atoms with van der Waals surface area (Å²) in [5.74, 6) is 1.03. The van der Waals surface area contributed by atoms with Crippen LogP contribution in [0.2, 0.25) is 5.02 Å². The highest BCUT2D eigenvalue weighted by atomic mass is 35.5. The molecule has 0 spiro atoms. The lowest BCUT2D eigenvalue weighted by Gasteiger charge is -2.32. The van der Waals surface area contributed by atoms with Gasteiger partial charge in [-0.3, -0.25) is 0 Å². The van der Waals surface area contributed by atoms with Crippen molar-refractivity contribution in [2.75, 3.05) is 0 Å². The van der Waals surface area contributed by atoms with E-state index < -0.39 is 18.3 Å². The molecule has 0 atom stereocenters. The van der Waals surface area contributed by atoms with E-state index in [1.165, 1.54) is 0 Å². The lowest BCUT2D eigenvalue weighted by molar-refractivity contribution is 0.00578. The number of rotatable bonds is 2. The zero-order chi connectivity index (χ0) is 16.1. The van der Waals surface area contributed by atoms with Crippen molar-refractivity contribution in [1.29, 1.82) is 0 Å². The van der Waals surface area contributed by atoms with Gasteiger partial charge in [0, 0.05) is 23.0 Å². The van der Waals surface area contributed by atoms with Crippen LogP contribution in [0.25, 0.3) is 11.4 Å². The molecule has 0 aliphatic carbocycles. The van der Waals surface area contributed by atoms with E-state index in [-0.39, 0.29) is 0 Å². The van der Waals surface area contributed by atoms with Crippen LogP contribution in [0.3, 0.4) is 0 Å². The fraction of sp³-hybridized carbons (Fsp3) is 0.467. The Morgan fingerprint density at radius 3 is 2.23 bits per heavy atom. The Morgan fingerprint density at radius 1 is 1.09 bits per heavy atom. The fourth-order valence-corrected chi connectivity index (χ4v) is 2.51. The van der Waals surface area contributed by atoms with Crippen LogP contribution in [-0.4, -0.2) is 28.5 Å². The second-order valence-electron chi connectivity index (χ2n) is 6.46. The van der Waals surface area contributed by atoms with Crippen molar-refractivity contribution in [2.45, 2.75) is 45.8 Å². The first-order valence-corrected chi connectivity index (χ1v) is 7.53. The first kappa shape index (κ1) is 15.5. The zero-order valence-corrected chi connectivity index (χ0v) is 14.1. The maximum absolute atomic E-state index is 6.41. The van der Waals surface area contributed by atoms with E-state index in [1.54, 1.807) is 13.0 Å². The predicted octanol–water partition coefficient (Wildman–Crippen LogP) is 3.00. The molecular formula is C15H18BClN2O3. The predicted molar refractivity (Wildman–Crippen MR) is 85.2 cm³/mol. The quantitative estimate of drug-likeness (QED) is 0.796. The van der Waals surface area contributed by atoms with Gasteiger partial charge >= 0.3 is 7.12 Å². The van der Waals surface area contributed by atoms with E-state index in [9.17, 15) is 0 Å². The summed E-state index contributed by atoms with van der Waals surface area (Å²) < 4.78 is 17.0. The Balaban J connectivity index is 1.91. The second-order valence-corrected chi connectivity index (χ2v) is 6.87. The van der Waals surface area contributed by atoms with Crippen LogP contribution in [0.5, 0.6) is 0 Å². The normalized spacial score (nSPS) is 19.6. The summed E-state index contributed by atoms with van der Waals surface area (Å²) >= 11 is 6.41. The molecule has 2 aromatic rings. The average Bonchev–Trinajstić information content (AvgIpc) is 2.91. The largest absolute Gasteiger partial charge is 0.496 e. The molecule has 0 amide bonds. The molecule has 1 saturated heterocycles. The summed E-state index contributed by atoms with van der Waals surface area (Å²) in [4.78, 5) is 4.20. The van der Waals surface area contributed by atoms with Crippen molar-refractivity contribution in [1.82, 2.24) is 10.1 Å². The number of aryl methyl sites for hydroxylation is 1. The van der Waals surface area contributed by atoms with Gasteiger partial charge in [-0.2, -0.15) is 4.98 Å². The second kappa shape index (κ2) is 5.08. The number of halogens is 1. The standard InChI is InChI=1S/C15H18BClN2O3/c1-9-18-13(19-20-9)10-6-7-11(12(17)8-10)16-21-14(2,3)15(4,5)22-16/h6-8H,1-5H3. The molecule has 22 heavy (non-hydrogen) atoms. The topological polar surface area (TPSA) is 57.4 Å². The monoisotopic (exact) mass is 320 g/mol. The Bertz CT molecular complexity index is 699. The first-order valence-electron chi connectivity index (χ1n) is 7.15. The third-order valence-corrected chi connectivity index (χ3v) is 4.62. The highest BCUT2D eigenvalue weighted by molar-refractivity contribution is 6.65. The van der Waals surface area contributed by atoms with Gasteiger partial charge in [-0.1, -0.05) is 28.9 Å². The van der Waals surface area contributed by atoms with Crippen molar-refractivity contribution in [2.24, 2.45) is 0 Å². The van der Waals surface area contributed by atoms with Crippen molar-refractivity contribution in [3.63, 3.8) is 0 Å². The number of hydrogen-bond donors (Lipinski definition) is 0. The molecule has 116 valence electrons. The highest BCUT2D eigenvalue weighted by Gasteiger charge is 2.52. The Labute approximate surface area is 135 Å². The number of benzene rings is 1. The SMILES string of the molecule is Cc1nc(-c2ccc(B3OC(C)(C)C(C)(C)O3)c(Cl)c2)no1. The third-order valence-electron chi connectivity index (χ3n) is 4.29. The minimum Gasteiger partial charge on any atom is -0.399 e. The molecule has 0 N–H and O–H groups in total. The van der Waals surface area contributed by atoms with Crippen LogP contribution in [0.1, 0.15) is 33.6 Å². The summed E-state index contributed by atoms with van der Waals surface area (Å²) in [7, 11) is -0.487. The highest BCUT2D eigenvalue weighted by Crippen LogP contribution is 2.37. The molecule has 3 rings (SSSR count). The van der Waals surface area contributed by atoms with Gasteiger partial charge in [0.05, 0.1) is 11.2 Å². The summed E-state index contributed by atoms with van der Waals surface area (Å²) in [6.07, 6.45) is 0. The van der Waals surface area contributed by atoms with Gasteiger partial charge in [-0.05, 0) is 33.8 Å². The zero-order valence-electron chi connectivity index (χ0n) is 13.3. The molecule has 0 radical (unpaired) electrons. The summed E-state index contributed by atoms with van der Waals surface area (Å²) in [6, 6.07) is 5.56. The minimum absolute atomic E-state index is 0.398. The molecule has 5 nitrogen and oxygen atoms in total. The van der Waals surface area contributed by atoms with Gasteiger partial charge in [-0.25, -0.2) is 0 Å². The van der Waals surface area contributed by atoms with Crippen LogP contribution in [-0.2, 0) is 9.31 Å². The molecule has 0 bridgehead atoms. The Kier molecular flexibility index (Phi) is 3.59. The molecule has 1 aromatic carbocycles. The van der Waals surface area contributed by atoms with Gasteiger partial charge in [-0.15, -0.1) is 0 Å². The smallest absolute Gasteiger partial charge is 0.399 e. The maximum Gasteiger partial charge on any atom is 0.496 e. The van der Waals surface area contributed by atoms with Crippen LogP contribution in [0, 0.1) is 6.92 Å². The molecule has 1 aliphatic rings. The molecule has 0 saturated carbocycles. The van der Waals surface area contributed by atoms with Crippen LogP contribution >= 0.6 is 11.6 Å². The molecule has 0 unspecified atom stereocenters. The van der Waals surface area contributed by atoms with E-state index in [4.69, 9.17) is 25.4 Å².